The third-order valence-electron chi connectivity index (χ3n) is 6.13. The molecule has 4 aromatic rings. The van der Waals surface area contributed by atoms with Gasteiger partial charge >= 0.3 is 0 Å². The van der Waals surface area contributed by atoms with E-state index in [0.717, 1.165) is 40.2 Å². The van der Waals surface area contributed by atoms with E-state index in [2.05, 4.69) is 14.9 Å². The first-order valence-corrected chi connectivity index (χ1v) is 12.7. The van der Waals surface area contributed by atoms with Gasteiger partial charge < -0.3 is 9.88 Å². The van der Waals surface area contributed by atoms with E-state index < -0.39 is 0 Å². The smallest absolute Gasteiger partial charge is 0.251 e. The number of hydrogen-bond donors (Lipinski definition) is 1. The number of aromatic nitrogens is 3. The number of thioether (sulfide) groups is 1. The number of carbonyl (C=O) groups is 1. The molecule has 8 heteroatoms. The Labute approximate surface area is 206 Å². The van der Waals surface area contributed by atoms with Crippen LogP contribution in [0.1, 0.15) is 47.2 Å². The van der Waals surface area contributed by atoms with Crippen molar-refractivity contribution in [1.82, 2.24) is 19.9 Å². The Morgan fingerprint density at radius 1 is 1.15 bits per heavy atom. The van der Waals surface area contributed by atoms with Crippen molar-refractivity contribution in [3.63, 3.8) is 0 Å². The fourth-order valence-corrected chi connectivity index (χ4v) is 5.61. The van der Waals surface area contributed by atoms with Crippen LogP contribution in [0.25, 0.3) is 11.0 Å². The number of benzene rings is 2. The summed E-state index contributed by atoms with van der Waals surface area (Å²) in [6.07, 6.45) is 8.03. The highest BCUT2D eigenvalue weighted by Gasteiger charge is 2.18. The summed E-state index contributed by atoms with van der Waals surface area (Å²) in [5, 5.41) is 4.37. The molecule has 0 unspecified atom stereocenters. The molecule has 1 amide bonds. The number of imidazole rings is 1. The Bertz CT molecular complexity index is 1320. The number of rotatable bonds is 7. The van der Waals surface area contributed by atoms with E-state index in [4.69, 9.17) is 16.6 Å². The van der Waals surface area contributed by atoms with Gasteiger partial charge in [-0.2, -0.15) is 0 Å². The highest BCUT2D eigenvalue weighted by molar-refractivity contribution is 7.98. The molecule has 0 radical (unpaired) electrons. The van der Waals surface area contributed by atoms with Gasteiger partial charge in [-0.15, -0.1) is 0 Å². The van der Waals surface area contributed by atoms with Gasteiger partial charge in [0.15, 0.2) is 5.16 Å². The van der Waals surface area contributed by atoms with Gasteiger partial charge in [-0.25, -0.2) is 9.37 Å². The van der Waals surface area contributed by atoms with Crippen LogP contribution in [-0.2, 0) is 12.3 Å². The second kappa shape index (κ2) is 10.2. The molecule has 1 aliphatic rings. The number of amides is 1. The van der Waals surface area contributed by atoms with Gasteiger partial charge in [0.2, 0.25) is 0 Å². The summed E-state index contributed by atoms with van der Waals surface area (Å²) in [7, 11) is 0. The monoisotopic (exact) mass is 494 g/mol. The number of halogens is 2. The average Bonchev–Trinajstić information content (AvgIpc) is 3.47. The Balaban J connectivity index is 1.34. The average molecular weight is 495 g/mol. The molecule has 1 N–H and O–H groups in total. The zero-order chi connectivity index (χ0) is 23.5. The lowest BCUT2D eigenvalue weighted by molar-refractivity contribution is 0.0938. The highest BCUT2D eigenvalue weighted by atomic mass is 35.5. The lowest BCUT2D eigenvalue weighted by atomic mass is 10.1. The fraction of sp³-hybridized carbons (Fsp3) is 0.269. The van der Waals surface area contributed by atoms with Crippen molar-refractivity contribution in [3.05, 3.63) is 88.5 Å². The Hall–Kier alpha value is -2.90. The van der Waals surface area contributed by atoms with Crippen LogP contribution in [0, 0.1) is 5.82 Å². The first-order valence-electron chi connectivity index (χ1n) is 11.3. The summed E-state index contributed by atoms with van der Waals surface area (Å²) >= 11 is 7.76. The Kier molecular flexibility index (Phi) is 6.83. The third-order valence-corrected chi connectivity index (χ3v) is 7.51. The van der Waals surface area contributed by atoms with E-state index in [1.165, 1.54) is 25.0 Å². The Morgan fingerprint density at radius 3 is 2.71 bits per heavy atom. The zero-order valence-electron chi connectivity index (χ0n) is 18.5. The maximum absolute atomic E-state index is 13.4. The van der Waals surface area contributed by atoms with E-state index in [1.54, 1.807) is 30.2 Å². The van der Waals surface area contributed by atoms with Crippen LogP contribution < -0.4 is 5.32 Å². The van der Waals surface area contributed by atoms with Crippen molar-refractivity contribution < 1.29 is 9.18 Å². The Morgan fingerprint density at radius 2 is 1.94 bits per heavy atom. The number of nitrogens with one attached hydrogen (secondary N) is 1. The summed E-state index contributed by atoms with van der Waals surface area (Å²) in [6, 6.07) is 14.4. The molecule has 0 atom stereocenters. The van der Waals surface area contributed by atoms with Gasteiger partial charge in [-0.3, -0.25) is 9.78 Å². The van der Waals surface area contributed by atoms with Crippen LogP contribution in [0.5, 0.6) is 0 Å². The zero-order valence-corrected chi connectivity index (χ0v) is 20.1. The molecule has 174 valence electrons. The molecule has 5 rings (SSSR count). The summed E-state index contributed by atoms with van der Waals surface area (Å²) in [5.74, 6) is 0.205. The van der Waals surface area contributed by atoms with Crippen LogP contribution >= 0.6 is 23.4 Å². The van der Waals surface area contributed by atoms with E-state index >= 15 is 0 Å². The van der Waals surface area contributed by atoms with Crippen molar-refractivity contribution in [2.24, 2.45) is 0 Å². The molecule has 2 aromatic heterocycles. The van der Waals surface area contributed by atoms with Gasteiger partial charge in [0, 0.05) is 28.6 Å². The van der Waals surface area contributed by atoms with Crippen molar-refractivity contribution in [2.45, 2.75) is 49.2 Å². The number of carbonyl (C=O) groups excluding carboxylic acids is 1. The van der Waals surface area contributed by atoms with Crippen LogP contribution in [-0.4, -0.2) is 26.5 Å². The first-order chi connectivity index (χ1) is 16.6. The first kappa shape index (κ1) is 22.9. The molecule has 1 fully saturated rings. The van der Waals surface area contributed by atoms with Crippen LogP contribution in [0.15, 0.2) is 66.1 Å². The lowest BCUT2D eigenvalue weighted by Gasteiger charge is -2.13. The highest BCUT2D eigenvalue weighted by Crippen LogP contribution is 2.30. The third kappa shape index (κ3) is 5.10. The number of pyridine rings is 1. The predicted molar refractivity (Wildman–Crippen MR) is 134 cm³/mol. The number of nitrogens with zero attached hydrogens (tertiary/aromatic N) is 3. The molecule has 0 saturated heterocycles. The maximum Gasteiger partial charge on any atom is 0.251 e. The van der Waals surface area contributed by atoms with Crippen molar-refractivity contribution >= 4 is 40.3 Å². The van der Waals surface area contributed by atoms with E-state index in [9.17, 15) is 9.18 Å². The molecule has 0 spiro atoms. The largest absolute Gasteiger partial charge is 0.349 e. The van der Waals surface area contributed by atoms with E-state index in [1.807, 2.05) is 30.3 Å². The SMILES string of the molecule is O=C(NC1CCCC1)c1ccc(Cn2c(SCc3ccc(F)cc3Cl)nc3ccncc32)cc1. The molecule has 0 aliphatic heterocycles. The van der Waals surface area contributed by atoms with E-state index in [0.29, 0.717) is 28.9 Å². The minimum Gasteiger partial charge on any atom is -0.349 e. The predicted octanol–water partition coefficient (Wildman–Crippen LogP) is 6.24. The molecule has 1 saturated carbocycles. The molecule has 2 aromatic carbocycles. The molecule has 1 aliphatic carbocycles. The molecule has 34 heavy (non-hydrogen) atoms. The van der Waals surface area contributed by atoms with Crippen LogP contribution in [0.2, 0.25) is 5.02 Å². The molecular weight excluding hydrogens is 471 g/mol. The minimum atomic E-state index is -0.350. The standard InChI is InChI=1S/C26H24ClFN4OS/c27-22-13-20(28)10-9-19(22)16-34-26-31-23-11-12-29-14-24(23)32(26)15-17-5-7-18(8-6-17)25(33)30-21-3-1-2-4-21/h5-14,21H,1-4,15-16H2,(H,30,33). The van der Waals surface area contributed by atoms with Crippen molar-refractivity contribution in [1.29, 1.82) is 0 Å². The molecule has 0 bridgehead atoms. The summed E-state index contributed by atoms with van der Waals surface area (Å²) in [6.45, 7) is 0.589. The second-order valence-corrected chi connectivity index (χ2v) is 9.87. The normalized spacial score (nSPS) is 14.1. The van der Waals surface area contributed by atoms with Gasteiger partial charge in [0.05, 0.1) is 23.8 Å². The number of hydrogen-bond acceptors (Lipinski definition) is 4. The topological polar surface area (TPSA) is 59.8 Å². The second-order valence-electron chi connectivity index (χ2n) is 8.52. The molecule has 2 heterocycles. The summed E-state index contributed by atoms with van der Waals surface area (Å²) < 4.78 is 15.5. The quantitative estimate of drug-likeness (QED) is 0.309. The maximum atomic E-state index is 13.4. The van der Waals surface area contributed by atoms with Crippen molar-refractivity contribution in [2.75, 3.05) is 0 Å². The van der Waals surface area contributed by atoms with Gasteiger partial charge in [0.25, 0.3) is 5.91 Å². The summed E-state index contributed by atoms with van der Waals surface area (Å²) in [5.41, 5.74) is 4.37. The van der Waals surface area contributed by atoms with Crippen LogP contribution in [0.3, 0.4) is 0 Å². The van der Waals surface area contributed by atoms with Gasteiger partial charge in [-0.05, 0) is 54.3 Å². The lowest BCUT2D eigenvalue weighted by Crippen LogP contribution is -2.32. The fourth-order valence-electron chi connectivity index (χ4n) is 4.27. The minimum absolute atomic E-state index is 0.0110. The summed E-state index contributed by atoms with van der Waals surface area (Å²) in [4.78, 5) is 21.6. The van der Waals surface area contributed by atoms with Gasteiger partial charge in [-0.1, -0.05) is 54.4 Å². The number of fused-ring (bicyclic) bond motifs is 1. The molecular formula is C26H24ClFN4OS. The van der Waals surface area contributed by atoms with E-state index in [-0.39, 0.29) is 11.7 Å². The van der Waals surface area contributed by atoms with Crippen LogP contribution in [0.4, 0.5) is 4.39 Å². The van der Waals surface area contributed by atoms with Crippen molar-refractivity contribution in [3.8, 4) is 0 Å². The molecule has 5 nitrogen and oxygen atoms in total. The van der Waals surface area contributed by atoms with Gasteiger partial charge in [0.1, 0.15) is 5.82 Å².